The highest BCUT2D eigenvalue weighted by Crippen LogP contribution is 2.41. The molecule has 0 radical (unpaired) electrons. The summed E-state index contributed by atoms with van der Waals surface area (Å²) >= 11 is 0. The molecule has 0 unspecified atom stereocenters. The van der Waals surface area contributed by atoms with E-state index in [0.717, 1.165) is 18.9 Å². The molecule has 8 heteroatoms. The van der Waals surface area contributed by atoms with Crippen molar-refractivity contribution in [3.05, 3.63) is 57.8 Å². The van der Waals surface area contributed by atoms with Crippen LogP contribution in [0.15, 0.2) is 34.7 Å². The van der Waals surface area contributed by atoms with Crippen molar-refractivity contribution in [1.29, 1.82) is 0 Å². The van der Waals surface area contributed by atoms with E-state index in [1.807, 2.05) is 4.90 Å². The Morgan fingerprint density at radius 3 is 2.96 bits per heavy atom. The molecule has 132 valence electrons. The van der Waals surface area contributed by atoms with Crippen LogP contribution >= 0.6 is 0 Å². The molecule has 1 fully saturated rings. The molecule has 0 spiro atoms. The van der Waals surface area contributed by atoms with Crippen LogP contribution < -0.4 is 10.2 Å². The first-order valence-corrected chi connectivity index (χ1v) is 8.00. The third kappa shape index (κ3) is 3.47. The van der Waals surface area contributed by atoms with Gasteiger partial charge in [-0.3, -0.25) is 14.9 Å². The maximum absolute atomic E-state index is 13.9. The number of hydrogen-bond acceptors (Lipinski definition) is 5. The normalized spacial score (nSPS) is 16.9. The number of amides is 1. The highest BCUT2D eigenvalue weighted by atomic mass is 19.1. The zero-order valence-corrected chi connectivity index (χ0v) is 13.7. The number of nitrogens with one attached hydrogen (secondary N) is 1. The summed E-state index contributed by atoms with van der Waals surface area (Å²) in [5.74, 6) is 0.247. The van der Waals surface area contributed by atoms with E-state index < -0.39 is 16.4 Å². The van der Waals surface area contributed by atoms with Crippen molar-refractivity contribution in [2.45, 2.75) is 32.4 Å². The third-order valence-electron chi connectivity index (χ3n) is 4.23. The predicted octanol–water partition coefficient (Wildman–Crippen LogP) is 3.30. The second-order valence-corrected chi connectivity index (χ2v) is 5.93. The van der Waals surface area contributed by atoms with Crippen LogP contribution in [0.2, 0.25) is 0 Å². The Bertz CT molecular complexity index is 805. The van der Waals surface area contributed by atoms with E-state index in [1.165, 1.54) is 13.0 Å². The van der Waals surface area contributed by atoms with Crippen LogP contribution in [0.3, 0.4) is 0 Å². The number of benzene rings is 1. The molecule has 0 aliphatic carbocycles. The number of furan rings is 1. The summed E-state index contributed by atoms with van der Waals surface area (Å²) in [4.78, 5) is 23.4. The van der Waals surface area contributed by atoms with Gasteiger partial charge in [0.15, 0.2) is 0 Å². The molecule has 0 saturated carbocycles. The lowest BCUT2D eigenvalue weighted by atomic mass is 10.1. The van der Waals surface area contributed by atoms with Gasteiger partial charge < -0.3 is 14.6 Å². The minimum absolute atomic E-state index is 0.157. The third-order valence-corrected chi connectivity index (χ3v) is 4.23. The van der Waals surface area contributed by atoms with E-state index >= 15 is 0 Å². The van der Waals surface area contributed by atoms with Crippen LogP contribution in [0.5, 0.6) is 0 Å². The first-order valence-electron chi connectivity index (χ1n) is 8.00. The number of halogens is 1. The molecule has 2 aromatic rings. The van der Waals surface area contributed by atoms with E-state index in [2.05, 4.69) is 5.32 Å². The lowest BCUT2D eigenvalue weighted by molar-refractivity contribution is -0.386. The summed E-state index contributed by atoms with van der Waals surface area (Å²) < 4.78 is 19.7. The first kappa shape index (κ1) is 16.9. The summed E-state index contributed by atoms with van der Waals surface area (Å²) in [5, 5.41) is 13.9. The SMILES string of the molecule is CC(=O)NCc1ccc([C@H]2CCCN2c2cccc(F)c2[N+](=O)[O-])o1. The summed E-state index contributed by atoms with van der Waals surface area (Å²) in [6, 6.07) is 7.47. The Kier molecular flexibility index (Phi) is 4.69. The molecule has 1 aromatic heterocycles. The molecule has 1 N–H and O–H groups in total. The second kappa shape index (κ2) is 6.92. The van der Waals surface area contributed by atoms with Gasteiger partial charge in [-0.15, -0.1) is 0 Å². The molecular formula is C17H18FN3O4. The van der Waals surface area contributed by atoms with Crippen molar-refractivity contribution in [3.8, 4) is 0 Å². The Labute approximate surface area is 143 Å². The van der Waals surface area contributed by atoms with Crippen LogP contribution in [-0.2, 0) is 11.3 Å². The number of hydrogen-bond donors (Lipinski definition) is 1. The van der Waals surface area contributed by atoms with Gasteiger partial charge in [-0.2, -0.15) is 4.39 Å². The lowest BCUT2D eigenvalue weighted by Crippen LogP contribution is -2.23. The monoisotopic (exact) mass is 347 g/mol. The number of nitro benzene ring substituents is 1. The van der Waals surface area contributed by atoms with E-state index in [9.17, 15) is 19.3 Å². The molecule has 2 heterocycles. The van der Waals surface area contributed by atoms with Gasteiger partial charge in [0, 0.05) is 13.5 Å². The van der Waals surface area contributed by atoms with E-state index in [4.69, 9.17) is 4.42 Å². The molecule has 1 aromatic carbocycles. The number of carbonyl (C=O) groups excluding carboxylic acids is 1. The number of nitro groups is 1. The van der Waals surface area contributed by atoms with Crippen LogP contribution in [0.1, 0.15) is 37.3 Å². The van der Waals surface area contributed by atoms with Gasteiger partial charge in [-0.25, -0.2) is 0 Å². The summed E-state index contributed by atoms with van der Waals surface area (Å²) in [5.41, 5.74) is -0.258. The summed E-state index contributed by atoms with van der Waals surface area (Å²) in [6.45, 7) is 2.28. The molecule has 1 saturated heterocycles. The van der Waals surface area contributed by atoms with Crippen molar-refractivity contribution in [1.82, 2.24) is 5.32 Å². The molecule has 1 amide bonds. The number of rotatable bonds is 5. The van der Waals surface area contributed by atoms with Crippen LogP contribution in [0.25, 0.3) is 0 Å². The maximum atomic E-state index is 13.9. The predicted molar refractivity (Wildman–Crippen MR) is 88.6 cm³/mol. The molecule has 1 aliphatic heterocycles. The summed E-state index contributed by atoms with van der Waals surface area (Å²) in [7, 11) is 0. The summed E-state index contributed by atoms with van der Waals surface area (Å²) in [6.07, 6.45) is 1.57. The molecular weight excluding hydrogens is 329 g/mol. The zero-order chi connectivity index (χ0) is 18.0. The lowest BCUT2D eigenvalue weighted by Gasteiger charge is -2.25. The number of carbonyl (C=O) groups is 1. The molecule has 25 heavy (non-hydrogen) atoms. The second-order valence-electron chi connectivity index (χ2n) is 5.93. The highest BCUT2D eigenvalue weighted by molar-refractivity contribution is 5.72. The van der Waals surface area contributed by atoms with Gasteiger partial charge in [-0.05, 0) is 37.1 Å². The van der Waals surface area contributed by atoms with Crippen molar-refractivity contribution < 1.29 is 18.5 Å². The first-order chi connectivity index (χ1) is 12.0. The Morgan fingerprint density at radius 2 is 2.24 bits per heavy atom. The van der Waals surface area contributed by atoms with E-state index in [-0.39, 0.29) is 24.2 Å². The van der Waals surface area contributed by atoms with Gasteiger partial charge in [0.25, 0.3) is 0 Å². The standard InChI is InChI=1S/C17H18FN3O4/c1-11(22)19-10-12-7-8-16(25-12)14-6-3-9-20(14)15-5-2-4-13(18)17(15)21(23)24/h2,4-5,7-8,14H,3,6,9-10H2,1H3,(H,19,22)/t14-/m1/s1. The topological polar surface area (TPSA) is 88.6 Å². The van der Waals surface area contributed by atoms with E-state index in [0.29, 0.717) is 18.1 Å². The Hall–Kier alpha value is -2.90. The van der Waals surface area contributed by atoms with Gasteiger partial charge in [0.2, 0.25) is 11.7 Å². The number of nitrogens with zero attached hydrogens (tertiary/aromatic N) is 2. The van der Waals surface area contributed by atoms with Crippen molar-refractivity contribution in [2.75, 3.05) is 11.4 Å². The van der Waals surface area contributed by atoms with Crippen molar-refractivity contribution >= 4 is 17.3 Å². The minimum atomic E-state index is -0.848. The van der Waals surface area contributed by atoms with Crippen LogP contribution in [0.4, 0.5) is 15.8 Å². The molecule has 7 nitrogen and oxygen atoms in total. The highest BCUT2D eigenvalue weighted by Gasteiger charge is 2.34. The largest absolute Gasteiger partial charge is 0.462 e. The number of anilines is 1. The zero-order valence-electron chi connectivity index (χ0n) is 13.7. The molecule has 0 bridgehead atoms. The fourth-order valence-electron chi connectivity index (χ4n) is 3.15. The number of para-hydroxylation sites is 1. The van der Waals surface area contributed by atoms with Gasteiger partial charge in [0.1, 0.15) is 17.2 Å². The quantitative estimate of drug-likeness (QED) is 0.662. The van der Waals surface area contributed by atoms with Gasteiger partial charge in [-0.1, -0.05) is 6.07 Å². The fourth-order valence-corrected chi connectivity index (χ4v) is 3.15. The Morgan fingerprint density at radius 1 is 1.44 bits per heavy atom. The maximum Gasteiger partial charge on any atom is 0.327 e. The smallest absolute Gasteiger partial charge is 0.327 e. The molecule has 3 rings (SSSR count). The van der Waals surface area contributed by atoms with Gasteiger partial charge >= 0.3 is 5.69 Å². The van der Waals surface area contributed by atoms with Crippen molar-refractivity contribution in [2.24, 2.45) is 0 Å². The average Bonchev–Trinajstić information content (AvgIpc) is 3.21. The van der Waals surface area contributed by atoms with Crippen molar-refractivity contribution in [3.63, 3.8) is 0 Å². The molecule has 1 aliphatic rings. The van der Waals surface area contributed by atoms with Crippen LogP contribution in [-0.4, -0.2) is 17.4 Å². The van der Waals surface area contributed by atoms with Gasteiger partial charge in [0.05, 0.1) is 17.5 Å². The molecule has 1 atom stereocenters. The average molecular weight is 347 g/mol. The van der Waals surface area contributed by atoms with E-state index in [1.54, 1.807) is 18.2 Å². The van der Waals surface area contributed by atoms with Crippen LogP contribution in [0, 0.1) is 15.9 Å². The minimum Gasteiger partial charge on any atom is -0.462 e. The Balaban J connectivity index is 1.88. The fraction of sp³-hybridized carbons (Fsp3) is 0.353.